The largest absolute Gasteiger partial charge is 0.413 e. The van der Waals surface area contributed by atoms with Crippen LogP contribution in [-0.2, 0) is 0 Å². The van der Waals surface area contributed by atoms with Crippen molar-refractivity contribution in [2.24, 2.45) is 5.92 Å². The Labute approximate surface area is 84.4 Å². The number of rotatable bonds is 2. The van der Waals surface area contributed by atoms with Gasteiger partial charge in [-0.25, -0.2) is 0 Å². The van der Waals surface area contributed by atoms with Gasteiger partial charge in [-0.3, -0.25) is 10.1 Å². The van der Waals surface area contributed by atoms with Gasteiger partial charge >= 0.3 is 6.18 Å². The first kappa shape index (κ1) is 11.7. The molecule has 0 aromatic rings. The summed E-state index contributed by atoms with van der Waals surface area (Å²) in [4.78, 5) is 9.44. The molecule has 1 atom stereocenters. The molecule has 0 unspecified atom stereocenters. The molecule has 1 aliphatic rings. The van der Waals surface area contributed by atoms with Gasteiger partial charge in [-0.15, -0.1) is 0 Å². The Morgan fingerprint density at radius 1 is 1.60 bits per heavy atom. The molecule has 0 bridgehead atoms. The molecule has 6 heteroatoms. The van der Waals surface area contributed by atoms with Crippen LogP contribution < -0.4 is 0 Å². The molecule has 84 valence electrons. The highest BCUT2D eigenvalue weighted by molar-refractivity contribution is 5.33. The van der Waals surface area contributed by atoms with Crippen molar-refractivity contribution in [2.75, 3.05) is 6.54 Å². The van der Waals surface area contributed by atoms with Crippen LogP contribution in [0.1, 0.15) is 13.3 Å². The lowest BCUT2D eigenvalue weighted by Gasteiger charge is -2.20. The molecule has 0 aromatic heterocycles. The minimum Gasteiger partial charge on any atom is -0.264 e. The fourth-order valence-corrected chi connectivity index (χ4v) is 1.49. The molecule has 0 amide bonds. The Bertz CT molecular complexity index is 331. The summed E-state index contributed by atoms with van der Waals surface area (Å²) in [5.74, 6) is -0.225. The highest BCUT2D eigenvalue weighted by Crippen LogP contribution is 2.36. The lowest BCUT2D eigenvalue weighted by molar-refractivity contribution is -0.470. The van der Waals surface area contributed by atoms with Gasteiger partial charge in [0.15, 0.2) is 0 Å². The SMILES string of the molecule is C[C@H]1C=CC(C[N+](=O)[O-])=C(C(F)(F)F)C1. The summed E-state index contributed by atoms with van der Waals surface area (Å²) in [6.07, 6.45) is -1.87. The molecule has 15 heavy (non-hydrogen) atoms. The van der Waals surface area contributed by atoms with Crippen molar-refractivity contribution in [1.82, 2.24) is 0 Å². The predicted molar refractivity (Wildman–Crippen MR) is 47.9 cm³/mol. The fourth-order valence-electron chi connectivity index (χ4n) is 1.49. The lowest BCUT2D eigenvalue weighted by Crippen LogP contribution is -2.21. The summed E-state index contributed by atoms with van der Waals surface area (Å²) in [5, 5.41) is 10.2. The molecule has 0 aromatic carbocycles. The van der Waals surface area contributed by atoms with E-state index >= 15 is 0 Å². The van der Waals surface area contributed by atoms with Gasteiger partial charge in [-0.1, -0.05) is 19.1 Å². The summed E-state index contributed by atoms with van der Waals surface area (Å²) < 4.78 is 37.5. The van der Waals surface area contributed by atoms with Crippen LogP contribution in [0, 0.1) is 16.0 Å². The van der Waals surface area contributed by atoms with Crippen LogP contribution in [0.2, 0.25) is 0 Å². The maximum atomic E-state index is 12.5. The highest BCUT2D eigenvalue weighted by atomic mass is 19.4. The molecule has 0 saturated carbocycles. The fraction of sp³-hybridized carbons (Fsp3) is 0.556. The number of nitrogens with zero attached hydrogens (tertiary/aromatic N) is 1. The highest BCUT2D eigenvalue weighted by Gasteiger charge is 2.38. The second-order valence-electron chi connectivity index (χ2n) is 3.53. The number of hydrogen-bond donors (Lipinski definition) is 0. The molecule has 0 heterocycles. The summed E-state index contributed by atoms with van der Waals surface area (Å²) in [6, 6.07) is 0. The Hall–Kier alpha value is -1.33. The van der Waals surface area contributed by atoms with Crippen LogP contribution in [0.3, 0.4) is 0 Å². The zero-order valence-electron chi connectivity index (χ0n) is 8.04. The normalized spacial score (nSPS) is 22.0. The number of halogens is 3. The molecule has 0 fully saturated rings. The second-order valence-corrected chi connectivity index (χ2v) is 3.53. The Morgan fingerprint density at radius 3 is 2.67 bits per heavy atom. The van der Waals surface area contributed by atoms with E-state index in [0.717, 1.165) is 0 Å². The summed E-state index contributed by atoms with van der Waals surface area (Å²) >= 11 is 0. The van der Waals surface area contributed by atoms with Crippen molar-refractivity contribution in [2.45, 2.75) is 19.5 Å². The third-order valence-corrected chi connectivity index (χ3v) is 2.18. The van der Waals surface area contributed by atoms with Crippen LogP contribution in [0.25, 0.3) is 0 Å². The van der Waals surface area contributed by atoms with Gasteiger partial charge in [-0.05, 0) is 12.3 Å². The first-order valence-corrected chi connectivity index (χ1v) is 4.40. The molecule has 1 aliphatic carbocycles. The predicted octanol–water partition coefficient (Wildman–Crippen LogP) is 2.72. The van der Waals surface area contributed by atoms with Crippen LogP contribution in [-0.4, -0.2) is 17.6 Å². The molecular formula is C9H10F3NO2. The topological polar surface area (TPSA) is 43.1 Å². The number of alkyl halides is 3. The van der Waals surface area contributed by atoms with Crippen molar-refractivity contribution in [3.05, 3.63) is 33.4 Å². The average molecular weight is 221 g/mol. The Morgan fingerprint density at radius 2 is 2.20 bits per heavy atom. The van der Waals surface area contributed by atoms with E-state index in [0.29, 0.717) is 0 Å². The van der Waals surface area contributed by atoms with E-state index in [4.69, 9.17) is 0 Å². The van der Waals surface area contributed by atoms with Gasteiger partial charge in [-0.2, -0.15) is 13.2 Å². The van der Waals surface area contributed by atoms with Crippen molar-refractivity contribution < 1.29 is 18.1 Å². The van der Waals surface area contributed by atoms with Crippen molar-refractivity contribution in [3.8, 4) is 0 Å². The number of hydrogen-bond acceptors (Lipinski definition) is 2. The Balaban J connectivity index is 3.03. The number of allylic oxidation sites excluding steroid dienone is 2. The minimum absolute atomic E-state index is 0.177. The van der Waals surface area contributed by atoms with Gasteiger partial charge < -0.3 is 0 Å². The number of nitro groups is 1. The van der Waals surface area contributed by atoms with Crippen LogP contribution >= 0.6 is 0 Å². The van der Waals surface area contributed by atoms with Crippen LogP contribution in [0.15, 0.2) is 23.3 Å². The van der Waals surface area contributed by atoms with Gasteiger partial charge in [0.1, 0.15) is 0 Å². The van der Waals surface area contributed by atoms with Crippen molar-refractivity contribution >= 4 is 0 Å². The van der Waals surface area contributed by atoms with E-state index in [1.54, 1.807) is 13.0 Å². The molecule has 0 aliphatic heterocycles. The van der Waals surface area contributed by atoms with Gasteiger partial charge in [0, 0.05) is 16.1 Å². The van der Waals surface area contributed by atoms with Crippen molar-refractivity contribution in [1.29, 1.82) is 0 Å². The lowest BCUT2D eigenvalue weighted by atomic mass is 9.90. The average Bonchev–Trinajstić information content (AvgIpc) is 2.05. The molecule has 1 rings (SSSR count). The Kier molecular flexibility index (Phi) is 3.16. The van der Waals surface area contributed by atoms with E-state index in [-0.39, 0.29) is 17.9 Å². The first-order valence-electron chi connectivity index (χ1n) is 4.40. The summed E-state index contributed by atoms with van der Waals surface area (Å²) in [5.41, 5.74) is -1.00. The summed E-state index contributed by atoms with van der Waals surface area (Å²) in [6.45, 7) is 0.878. The third kappa shape index (κ3) is 3.07. The van der Waals surface area contributed by atoms with E-state index < -0.39 is 23.2 Å². The van der Waals surface area contributed by atoms with Gasteiger partial charge in [0.05, 0.1) is 0 Å². The molecule has 0 N–H and O–H groups in total. The zero-order valence-corrected chi connectivity index (χ0v) is 8.04. The molecule has 0 radical (unpaired) electrons. The maximum absolute atomic E-state index is 12.5. The van der Waals surface area contributed by atoms with E-state index in [2.05, 4.69) is 0 Å². The van der Waals surface area contributed by atoms with E-state index in [1.807, 2.05) is 0 Å². The van der Waals surface area contributed by atoms with E-state index in [1.165, 1.54) is 6.08 Å². The molecular weight excluding hydrogens is 211 g/mol. The molecule has 3 nitrogen and oxygen atoms in total. The minimum atomic E-state index is -4.47. The molecule has 0 saturated heterocycles. The second kappa shape index (κ2) is 4.04. The van der Waals surface area contributed by atoms with Gasteiger partial charge in [0.2, 0.25) is 6.54 Å². The zero-order chi connectivity index (χ0) is 11.6. The maximum Gasteiger partial charge on any atom is 0.413 e. The van der Waals surface area contributed by atoms with Crippen molar-refractivity contribution in [3.63, 3.8) is 0 Å². The first-order chi connectivity index (χ1) is 6.80. The standard InChI is InChI=1S/C9H10F3NO2/c1-6-2-3-7(5-13(14)15)8(4-6)9(10,11)12/h2-3,6H,4-5H2,1H3/t6-/m0/s1. The van der Waals surface area contributed by atoms with E-state index in [9.17, 15) is 23.3 Å². The molecule has 0 spiro atoms. The third-order valence-electron chi connectivity index (χ3n) is 2.18. The quantitative estimate of drug-likeness (QED) is 0.531. The van der Waals surface area contributed by atoms with Gasteiger partial charge in [0.25, 0.3) is 0 Å². The summed E-state index contributed by atoms with van der Waals surface area (Å²) in [7, 11) is 0. The monoisotopic (exact) mass is 221 g/mol. The van der Waals surface area contributed by atoms with Crippen LogP contribution in [0.5, 0.6) is 0 Å². The van der Waals surface area contributed by atoms with Crippen LogP contribution in [0.4, 0.5) is 13.2 Å². The smallest absolute Gasteiger partial charge is 0.264 e.